The van der Waals surface area contributed by atoms with Crippen LogP contribution in [0.2, 0.25) is 0 Å². The van der Waals surface area contributed by atoms with Gasteiger partial charge in [0.1, 0.15) is 5.65 Å². The fraction of sp³-hybridized carbons (Fsp3) is 0.222. The standard InChI is InChI=1S/C9H10N2O/c1-2-12-9-5-3-4-8-10-6-7-11(8)9/h3-7H,2H2,1H3. The maximum Gasteiger partial charge on any atom is 0.199 e. The first-order valence-corrected chi connectivity index (χ1v) is 3.96. The van der Waals surface area contributed by atoms with E-state index in [4.69, 9.17) is 4.74 Å². The van der Waals surface area contributed by atoms with E-state index < -0.39 is 0 Å². The molecule has 0 atom stereocenters. The summed E-state index contributed by atoms with van der Waals surface area (Å²) in [6.07, 6.45) is 3.65. The summed E-state index contributed by atoms with van der Waals surface area (Å²) in [4.78, 5) is 4.14. The molecular weight excluding hydrogens is 152 g/mol. The average molecular weight is 162 g/mol. The van der Waals surface area contributed by atoms with Crippen LogP contribution in [0.3, 0.4) is 0 Å². The summed E-state index contributed by atoms with van der Waals surface area (Å²) >= 11 is 0. The minimum absolute atomic E-state index is 0.678. The Balaban J connectivity index is 2.57. The van der Waals surface area contributed by atoms with Gasteiger partial charge in [-0.3, -0.25) is 4.40 Å². The van der Waals surface area contributed by atoms with E-state index in [1.54, 1.807) is 6.20 Å². The van der Waals surface area contributed by atoms with Crippen LogP contribution in [-0.2, 0) is 0 Å². The molecule has 2 heterocycles. The van der Waals surface area contributed by atoms with Gasteiger partial charge in [-0.15, -0.1) is 0 Å². The highest BCUT2D eigenvalue weighted by molar-refractivity contribution is 5.41. The molecule has 0 saturated heterocycles. The Bertz CT molecular complexity index is 381. The number of hydrogen-bond donors (Lipinski definition) is 0. The average Bonchev–Trinajstić information content (AvgIpc) is 2.53. The van der Waals surface area contributed by atoms with Crippen LogP contribution in [0.15, 0.2) is 30.6 Å². The largest absolute Gasteiger partial charge is 0.479 e. The third-order valence-electron chi connectivity index (χ3n) is 1.68. The topological polar surface area (TPSA) is 26.5 Å². The number of aromatic nitrogens is 2. The zero-order chi connectivity index (χ0) is 8.39. The number of fused-ring (bicyclic) bond motifs is 1. The Morgan fingerprint density at radius 2 is 2.42 bits per heavy atom. The number of nitrogens with zero attached hydrogens (tertiary/aromatic N) is 2. The maximum atomic E-state index is 5.40. The molecule has 0 N–H and O–H groups in total. The Hall–Kier alpha value is -1.51. The van der Waals surface area contributed by atoms with Gasteiger partial charge < -0.3 is 4.74 Å². The fourth-order valence-corrected chi connectivity index (χ4v) is 1.19. The van der Waals surface area contributed by atoms with Gasteiger partial charge in [0.05, 0.1) is 6.61 Å². The lowest BCUT2D eigenvalue weighted by Gasteiger charge is -2.04. The van der Waals surface area contributed by atoms with Crippen LogP contribution in [0.5, 0.6) is 5.88 Å². The first-order valence-electron chi connectivity index (χ1n) is 3.96. The molecule has 0 spiro atoms. The third-order valence-corrected chi connectivity index (χ3v) is 1.68. The molecule has 2 aromatic heterocycles. The van der Waals surface area contributed by atoms with Gasteiger partial charge in [0.2, 0.25) is 0 Å². The van der Waals surface area contributed by atoms with Crippen LogP contribution in [-0.4, -0.2) is 16.0 Å². The Morgan fingerprint density at radius 1 is 1.50 bits per heavy atom. The summed E-state index contributed by atoms with van der Waals surface area (Å²) < 4.78 is 7.32. The second-order valence-corrected chi connectivity index (χ2v) is 2.45. The third kappa shape index (κ3) is 1.03. The van der Waals surface area contributed by atoms with Crippen molar-refractivity contribution in [3.8, 4) is 5.88 Å². The van der Waals surface area contributed by atoms with Crippen LogP contribution < -0.4 is 4.74 Å². The Kier molecular flexibility index (Phi) is 1.70. The molecule has 62 valence electrons. The zero-order valence-electron chi connectivity index (χ0n) is 6.90. The van der Waals surface area contributed by atoms with Crippen molar-refractivity contribution >= 4 is 5.65 Å². The molecule has 0 aliphatic carbocycles. The molecule has 2 rings (SSSR count). The van der Waals surface area contributed by atoms with Crippen molar-refractivity contribution in [1.82, 2.24) is 9.38 Å². The molecule has 0 radical (unpaired) electrons. The molecule has 0 aromatic carbocycles. The minimum atomic E-state index is 0.678. The second kappa shape index (κ2) is 2.85. The molecule has 0 fully saturated rings. The minimum Gasteiger partial charge on any atom is -0.479 e. The maximum absolute atomic E-state index is 5.40. The summed E-state index contributed by atoms with van der Waals surface area (Å²) in [6.45, 7) is 2.65. The molecule has 3 heteroatoms. The van der Waals surface area contributed by atoms with E-state index in [1.807, 2.05) is 35.7 Å². The number of imidazole rings is 1. The lowest BCUT2D eigenvalue weighted by atomic mass is 10.4. The van der Waals surface area contributed by atoms with Crippen LogP contribution in [0.25, 0.3) is 5.65 Å². The Morgan fingerprint density at radius 3 is 3.25 bits per heavy atom. The van der Waals surface area contributed by atoms with Crippen molar-refractivity contribution in [3.05, 3.63) is 30.6 Å². The van der Waals surface area contributed by atoms with E-state index >= 15 is 0 Å². The van der Waals surface area contributed by atoms with E-state index in [1.165, 1.54) is 0 Å². The predicted octanol–water partition coefficient (Wildman–Crippen LogP) is 1.73. The summed E-state index contributed by atoms with van der Waals surface area (Å²) in [5, 5.41) is 0. The number of hydrogen-bond acceptors (Lipinski definition) is 2. The zero-order valence-corrected chi connectivity index (χ0v) is 6.90. The Labute approximate surface area is 70.6 Å². The van der Waals surface area contributed by atoms with Crippen LogP contribution >= 0.6 is 0 Å². The van der Waals surface area contributed by atoms with Gasteiger partial charge in [-0.2, -0.15) is 0 Å². The second-order valence-electron chi connectivity index (χ2n) is 2.45. The normalized spacial score (nSPS) is 10.4. The van der Waals surface area contributed by atoms with E-state index in [-0.39, 0.29) is 0 Å². The number of ether oxygens (including phenoxy) is 1. The van der Waals surface area contributed by atoms with Gasteiger partial charge in [0, 0.05) is 12.4 Å². The van der Waals surface area contributed by atoms with Crippen molar-refractivity contribution in [3.63, 3.8) is 0 Å². The summed E-state index contributed by atoms with van der Waals surface area (Å²) in [7, 11) is 0. The molecule has 0 amide bonds. The smallest absolute Gasteiger partial charge is 0.199 e. The van der Waals surface area contributed by atoms with Gasteiger partial charge >= 0.3 is 0 Å². The molecule has 0 aliphatic rings. The first kappa shape index (κ1) is 7.16. The van der Waals surface area contributed by atoms with E-state index in [9.17, 15) is 0 Å². The SMILES string of the molecule is CCOc1cccc2nccn12. The van der Waals surface area contributed by atoms with Crippen molar-refractivity contribution < 1.29 is 4.74 Å². The quantitative estimate of drug-likeness (QED) is 0.672. The predicted molar refractivity (Wildman–Crippen MR) is 46.4 cm³/mol. The molecule has 0 bridgehead atoms. The van der Waals surface area contributed by atoms with Crippen molar-refractivity contribution in [2.45, 2.75) is 6.92 Å². The fourth-order valence-electron chi connectivity index (χ4n) is 1.19. The van der Waals surface area contributed by atoms with Gasteiger partial charge in [-0.25, -0.2) is 4.98 Å². The van der Waals surface area contributed by atoms with Crippen LogP contribution in [0.1, 0.15) is 6.92 Å². The molecule has 0 unspecified atom stereocenters. The molecule has 0 aliphatic heterocycles. The van der Waals surface area contributed by atoms with Gasteiger partial charge in [0.15, 0.2) is 5.88 Å². The number of pyridine rings is 1. The monoisotopic (exact) mass is 162 g/mol. The molecular formula is C9H10N2O. The van der Waals surface area contributed by atoms with Gasteiger partial charge in [0.25, 0.3) is 0 Å². The summed E-state index contributed by atoms with van der Waals surface area (Å²) in [5.41, 5.74) is 0.918. The van der Waals surface area contributed by atoms with E-state index in [0.29, 0.717) is 6.61 Å². The van der Waals surface area contributed by atoms with Gasteiger partial charge in [-0.05, 0) is 19.1 Å². The number of rotatable bonds is 2. The van der Waals surface area contributed by atoms with E-state index in [2.05, 4.69) is 4.98 Å². The van der Waals surface area contributed by atoms with Gasteiger partial charge in [-0.1, -0.05) is 6.07 Å². The summed E-state index contributed by atoms with van der Waals surface area (Å²) in [5.74, 6) is 0.840. The van der Waals surface area contributed by atoms with Crippen LogP contribution in [0, 0.1) is 0 Å². The highest BCUT2D eigenvalue weighted by Crippen LogP contribution is 2.12. The summed E-state index contributed by atoms with van der Waals surface area (Å²) in [6, 6.07) is 5.81. The molecule has 12 heavy (non-hydrogen) atoms. The van der Waals surface area contributed by atoms with E-state index in [0.717, 1.165) is 11.5 Å². The highest BCUT2D eigenvalue weighted by atomic mass is 16.5. The van der Waals surface area contributed by atoms with Crippen LogP contribution in [0.4, 0.5) is 0 Å². The van der Waals surface area contributed by atoms with Crippen molar-refractivity contribution in [1.29, 1.82) is 0 Å². The first-order chi connectivity index (χ1) is 5.92. The van der Waals surface area contributed by atoms with Crippen molar-refractivity contribution in [2.75, 3.05) is 6.61 Å². The highest BCUT2D eigenvalue weighted by Gasteiger charge is 1.98. The molecule has 0 saturated carbocycles. The van der Waals surface area contributed by atoms with Crippen molar-refractivity contribution in [2.24, 2.45) is 0 Å². The molecule has 3 nitrogen and oxygen atoms in total. The molecule has 2 aromatic rings. The lowest BCUT2D eigenvalue weighted by Crippen LogP contribution is -1.97. The lowest BCUT2D eigenvalue weighted by molar-refractivity contribution is 0.322.